The van der Waals surface area contributed by atoms with Crippen LogP contribution in [0.1, 0.15) is 26.3 Å². The molecule has 1 atom stereocenters. The molecular formula is C18H30N2O4. The van der Waals surface area contributed by atoms with Gasteiger partial charge in [-0.3, -0.25) is 4.79 Å². The van der Waals surface area contributed by atoms with Crippen molar-refractivity contribution >= 4 is 5.91 Å². The Morgan fingerprint density at radius 3 is 2.54 bits per heavy atom. The topological polar surface area (TPSA) is 79.8 Å². The molecule has 0 fully saturated rings. The summed E-state index contributed by atoms with van der Waals surface area (Å²) in [6, 6.07) is 7.78. The highest BCUT2D eigenvalue weighted by Gasteiger charge is 2.19. The van der Waals surface area contributed by atoms with Crippen LogP contribution >= 0.6 is 0 Å². The molecule has 0 unspecified atom stereocenters. The molecule has 0 aliphatic carbocycles. The van der Waals surface area contributed by atoms with E-state index in [1.165, 1.54) is 12.5 Å². The van der Waals surface area contributed by atoms with Crippen LogP contribution in [0, 0.1) is 0 Å². The highest BCUT2D eigenvalue weighted by molar-refractivity contribution is 5.72. The Balaban J connectivity index is 2.30. The molecule has 1 aromatic rings. The molecular weight excluding hydrogens is 308 g/mol. The molecule has 0 saturated carbocycles. The van der Waals surface area contributed by atoms with Crippen LogP contribution in [-0.4, -0.2) is 56.1 Å². The third-order valence-electron chi connectivity index (χ3n) is 3.56. The number of aliphatic hydroxyl groups is 1. The normalized spacial score (nSPS) is 12.7. The fourth-order valence-corrected chi connectivity index (χ4v) is 2.03. The fraction of sp³-hybridized carbons (Fsp3) is 0.611. The Bertz CT molecular complexity index is 488. The van der Waals surface area contributed by atoms with Gasteiger partial charge in [0.1, 0.15) is 18.5 Å². The van der Waals surface area contributed by atoms with E-state index in [9.17, 15) is 9.90 Å². The van der Waals surface area contributed by atoms with Crippen molar-refractivity contribution in [2.24, 2.45) is 0 Å². The summed E-state index contributed by atoms with van der Waals surface area (Å²) in [5.41, 5.74) is 0.890. The molecule has 24 heavy (non-hydrogen) atoms. The van der Waals surface area contributed by atoms with Crippen molar-refractivity contribution in [2.45, 2.75) is 38.8 Å². The van der Waals surface area contributed by atoms with Gasteiger partial charge in [0.25, 0.3) is 0 Å². The predicted molar refractivity (Wildman–Crippen MR) is 94.3 cm³/mol. The van der Waals surface area contributed by atoms with Crippen molar-refractivity contribution < 1.29 is 19.4 Å². The lowest BCUT2D eigenvalue weighted by Crippen LogP contribution is -2.51. The Labute approximate surface area is 144 Å². The minimum absolute atomic E-state index is 0.0669. The first-order chi connectivity index (χ1) is 11.3. The molecule has 1 aromatic carbocycles. The SMILES string of the molecule is COCCc1ccc(OC[C@@H](O)CNC(C)(C)CNC(C)=O)cc1. The van der Waals surface area contributed by atoms with Gasteiger partial charge in [0.2, 0.25) is 5.91 Å². The third kappa shape index (κ3) is 8.86. The van der Waals surface area contributed by atoms with Gasteiger partial charge in [0, 0.05) is 32.7 Å². The number of aliphatic hydroxyl groups excluding tert-OH is 1. The molecule has 0 aliphatic heterocycles. The summed E-state index contributed by atoms with van der Waals surface area (Å²) in [7, 11) is 1.68. The van der Waals surface area contributed by atoms with Gasteiger partial charge in [0.05, 0.1) is 6.61 Å². The maximum Gasteiger partial charge on any atom is 0.216 e. The zero-order chi connectivity index (χ0) is 18.0. The number of ether oxygens (including phenoxy) is 2. The molecule has 0 spiro atoms. The minimum Gasteiger partial charge on any atom is -0.491 e. The van der Waals surface area contributed by atoms with Gasteiger partial charge in [-0.05, 0) is 38.0 Å². The molecule has 3 N–H and O–H groups in total. The smallest absolute Gasteiger partial charge is 0.216 e. The monoisotopic (exact) mass is 338 g/mol. The summed E-state index contributed by atoms with van der Waals surface area (Å²) in [6.45, 7) is 7.21. The summed E-state index contributed by atoms with van der Waals surface area (Å²) < 4.78 is 10.6. The predicted octanol–water partition coefficient (Wildman–Crippen LogP) is 1.12. The molecule has 1 rings (SSSR count). The molecule has 6 nitrogen and oxygen atoms in total. The van der Waals surface area contributed by atoms with Gasteiger partial charge in [-0.1, -0.05) is 12.1 Å². The maximum atomic E-state index is 11.0. The summed E-state index contributed by atoms with van der Waals surface area (Å²) in [6.07, 6.45) is 0.238. The van der Waals surface area contributed by atoms with E-state index in [4.69, 9.17) is 9.47 Å². The van der Waals surface area contributed by atoms with Gasteiger partial charge in [-0.2, -0.15) is 0 Å². The number of β-amino-alcohol motifs (C(OH)–C–C–N with tert-alkyl or cyclic N) is 1. The van der Waals surface area contributed by atoms with E-state index in [0.29, 0.717) is 19.7 Å². The fourth-order valence-electron chi connectivity index (χ4n) is 2.03. The second kappa shape index (κ2) is 10.3. The van der Waals surface area contributed by atoms with Crippen LogP contribution in [0.2, 0.25) is 0 Å². The summed E-state index contributed by atoms with van der Waals surface area (Å²) >= 11 is 0. The van der Waals surface area contributed by atoms with Crippen molar-refractivity contribution in [3.63, 3.8) is 0 Å². The Morgan fingerprint density at radius 2 is 1.96 bits per heavy atom. The van der Waals surface area contributed by atoms with E-state index in [0.717, 1.165) is 12.2 Å². The zero-order valence-electron chi connectivity index (χ0n) is 15.1. The van der Waals surface area contributed by atoms with E-state index < -0.39 is 6.10 Å². The minimum atomic E-state index is -0.630. The van der Waals surface area contributed by atoms with Crippen molar-refractivity contribution in [2.75, 3.05) is 33.4 Å². The highest BCUT2D eigenvalue weighted by atomic mass is 16.5. The Morgan fingerprint density at radius 1 is 1.29 bits per heavy atom. The molecule has 0 aromatic heterocycles. The van der Waals surface area contributed by atoms with Crippen LogP contribution in [0.4, 0.5) is 0 Å². The van der Waals surface area contributed by atoms with E-state index >= 15 is 0 Å². The number of carbonyl (C=O) groups excluding carboxylic acids is 1. The third-order valence-corrected chi connectivity index (χ3v) is 3.56. The van der Waals surface area contributed by atoms with Crippen LogP contribution in [0.15, 0.2) is 24.3 Å². The average Bonchev–Trinajstić information content (AvgIpc) is 2.55. The average molecular weight is 338 g/mol. The molecule has 6 heteroatoms. The zero-order valence-corrected chi connectivity index (χ0v) is 15.1. The second-order valence-corrected chi connectivity index (χ2v) is 6.53. The van der Waals surface area contributed by atoms with E-state index in [1.807, 2.05) is 38.1 Å². The number of amides is 1. The van der Waals surface area contributed by atoms with E-state index in [-0.39, 0.29) is 18.1 Å². The van der Waals surface area contributed by atoms with Crippen LogP contribution < -0.4 is 15.4 Å². The van der Waals surface area contributed by atoms with Crippen molar-refractivity contribution in [1.29, 1.82) is 0 Å². The van der Waals surface area contributed by atoms with Crippen LogP contribution in [0.3, 0.4) is 0 Å². The van der Waals surface area contributed by atoms with Crippen molar-refractivity contribution in [3.05, 3.63) is 29.8 Å². The Hall–Kier alpha value is -1.63. The van der Waals surface area contributed by atoms with Crippen molar-refractivity contribution in [3.8, 4) is 5.75 Å². The molecule has 0 radical (unpaired) electrons. The van der Waals surface area contributed by atoms with E-state index in [2.05, 4.69) is 10.6 Å². The van der Waals surface area contributed by atoms with Gasteiger partial charge >= 0.3 is 0 Å². The number of hydrogen-bond donors (Lipinski definition) is 3. The lowest BCUT2D eigenvalue weighted by molar-refractivity contribution is -0.119. The number of methoxy groups -OCH3 is 1. The first kappa shape index (κ1) is 20.4. The molecule has 0 heterocycles. The maximum absolute atomic E-state index is 11.0. The lowest BCUT2D eigenvalue weighted by Gasteiger charge is -2.27. The molecule has 0 saturated heterocycles. The number of benzene rings is 1. The van der Waals surface area contributed by atoms with Crippen LogP contribution in [-0.2, 0) is 16.0 Å². The van der Waals surface area contributed by atoms with Gasteiger partial charge in [-0.15, -0.1) is 0 Å². The van der Waals surface area contributed by atoms with Crippen molar-refractivity contribution in [1.82, 2.24) is 10.6 Å². The van der Waals surface area contributed by atoms with Gasteiger partial charge < -0.3 is 25.2 Å². The first-order valence-corrected chi connectivity index (χ1v) is 8.20. The summed E-state index contributed by atoms with van der Waals surface area (Å²) in [5, 5.41) is 16.0. The summed E-state index contributed by atoms with van der Waals surface area (Å²) in [4.78, 5) is 11.0. The highest BCUT2D eigenvalue weighted by Crippen LogP contribution is 2.13. The second-order valence-electron chi connectivity index (χ2n) is 6.53. The number of carbonyl (C=O) groups is 1. The molecule has 1 amide bonds. The number of nitrogens with one attached hydrogen (secondary N) is 2. The van der Waals surface area contributed by atoms with Gasteiger partial charge in [-0.25, -0.2) is 0 Å². The summed E-state index contributed by atoms with van der Waals surface area (Å²) in [5.74, 6) is 0.662. The molecule has 136 valence electrons. The number of rotatable bonds is 11. The van der Waals surface area contributed by atoms with Crippen LogP contribution in [0.5, 0.6) is 5.75 Å². The number of hydrogen-bond acceptors (Lipinski definition) is 5. The molecule has 0 aliphatic rings. The standard InChI is InChI=1S/C18H30N2O4/c1-14(21)19-13-18(2,3)20-11-16(22)12-24-17-7-5-15(6-8-17)9-10-23-4/h5-8,16,20,22H,9-13H2,1-4H3,(H,19,21)/t16-/m0/s1. The van der Waals surface area contributed by atoms with Gasteiger partial charge in [0.15, 0.2) is 0 Å². The quantitative estimate of drug-likeness (QED) is 0.563. The lowest BCUT2D eigenvalue weighted by atomic mass is 10.1. The molecule has 0 bridgehead atoms. The van der Waals surface area contributed by atoms with E-state index in [1.54, 1.807) is 7.11 Å². The Kier molecular flexibility index (Phi) is 8.74. The largest absolute Gasteiger partial charge is 0.491 e. The van der Waals surface area contributed by atoms with Crippen LogP contribution in [0.25, 0.3) is 0 Å². The first-order valence-electron chi connectivity index (χ1n) is 8.20.